The van der Waals surface area contributed by atoms with Gasteiger partial charge in [-0.05, 0) is 12.1 Å². The van der Waals surface area contributed by atoms with Crippen LogP contribution in [0, 0.1) is 0 Å². The Balaban J connectivity index is 2.97. The number of rotatable bonds is 4. The third-order valence-corrected chi connectivity index (χ3v) is 2.25. The quantitative estimate of drug-likeness (QED) is 0.746. The smallest absolute Gasteiger partial charge is 0.307 e. The van der Waals surface area contributed by atoms with Crippen molar-refractivity contribution >= 4 is 5.97 Å². The molecule has 88 valence electrons. The largest absolute Gasteiger partial charge is 0.507 e. The number of hydrogen-bond donors (Lipinski definition) is 2. The van der Waals surface area contributed by atoms with Crippen LogP contribution in [0.2, 0.25) is 0 Å². The van der Waals surface area contributed by atoms with Gasteiger partial charge < -0.3 is 20.3 Å². The normalized spacial score (nSPS) is 11.9. The van der Waals surface area contributed by atoms with Crippen molar-refractivity contribution in [2.75, 3.05) is 14.2 Å². The molecule has 0 unspecified atom stereocenters. The van der Waals surface area contributed by atoms with Crippen LogP contribution in [-0.2, 0) is 9.53 Å². The van der Waals surface area contributed by atoms with Crippen LogP contribution >= 0.6 is 0 Å². The molecular weight excluding hydrogens is 210 g/mol. The van der Waals surface area contributed by atoms with E-state index >= 15 is 0 Å². The Morgan fingerprint density at radius 3 is 2.75 bits per heavy atom. The number of carbonyl (C=O) groups is 1. The number of aromatic hydroxyl groups is 1. The zero-order valence-corrected chi connectivity index (χ0v) is 9.27. The van der Waals surface area contributed by atoms with E-state index in [-0.39, 0.29) is 12.2 Å². The van der Waals surface area contributed by atoms with Crippen molar-refractivity contribution in [1.29, 1.82) is 0 Å². The van der Waals surface area contributed by atoms with Crippen molar-refractivity contribution in [3.63, 3.8) is 0 Å². The van der Waals surface area contributed by atoms with Crippen LogP contribution in [0.1, 0.15) is 18.0 Å². The van der Waals surface area contributed by atoms with Gasteiger partial charge in [-0.3, -0.25) is 4.79 Å². The summed E-state index contributed by atoms with van der Waals surface area (Å²) >= 11 is 0. The van der Waals surface area contributed by atoms with Gasteiger partial charge in [-0.15, -0.1) is 0 Å². The van der Waals surface area contributed by atoms with E-state index in [2.05, 4.69) is 4.74 Å². The maximum absolute atomic E-state index is 11.1. The van der Waals surface area contributed by atoms with Gasteiger partial charge in [-0.25, -0.2) is 0 Å². The second-order valence-electron chi connectivity index (χ2n) is 3.28. The van der Waals surface area contributed by atoms with E-state index < -0.39 is 12.0 Å². The molecule has 0 bridgehead atoms. The molecule has 0 radical (unpaired) electrons. The van der Waals surface area contributed by atoms with Crippen molar-refractivity contribution < 1.29 is 19.4 Å². The van der Waals surface area contributed by atoms with E-state index in [0.29, 0.717) is 11.3 Å². The average Bonchev–Trinajstić information content (AvgIpc) is 2.28. The highest BCUT2D eigenvalue weighted by Gasteiger charge is 2.19. The fraction of sp³-hybridized carbons (Fsp3) is 0.364. The molecule has 0 aliphatic carbocycles. The molecular formula is C11H15NO4. The van der Waals surface area contributed by atoms with Crippen molar-refractivity contribution in [2.45, 2.75) is 12.5 Å². The molecule has 0 aromatic heterocycles. The number of methoxy groups -OCH3 is 2. The summed E-state index contributed by atoms with van der Waals surface area (Å²) in [6.45, 7) is 0. The van der Waals surface area contributed by atoms with Crippen LogP contribution in [0.3, 0.4) is 0 Å². The van der Waals surface area contributed by atoms with Gasteiger partial charge in [-0.2, -0.15) is 0 Å². The average molecular weight is 225 g/mol. The van der Waals surface area contributed by atoms with Gasteiger partial charge in [0.25, 0.3) is 0 Å². The minimum atomic E-state index is -0.649. The van der Waals surface area contributed by atoms with E-state index in [4.69, 9.17) is 10.5 Å². The molecule has 1 aromatic rings. The number of ether oxygens (including phenoxy) is 2. The predicted molar refractivity (Wildman–Crippen MR) is 58.2 cm³/mol. The highest BCUT2D eigenvalue weighted by Crippen LogP contribution is 2.33. The second kappa shape index (κ2) is 5.37. The molecule has 1 rings (SSSR count). The molecule has 0 spiro atoms. The molecule has 5 nitrogen and oxygen atoms in total. The van der Waals surface area contributed by atoms with Gasteiger partial charge in [0.2, 0.25) is 0 Å². The summed E-state index contributed by atoms with van der Waals surface area (Å²) in [5, 5.41) is 9.67. The highest BCUT2D eigenvalue weighted by atomic mass is 16.5. The number of phenolic OH excluding ortho intramolecular Hbond substituents is 1. The van der Waals surface area contributed by atoms with Gasteiger partial charge in [0.05, 0.1) is 26.2 Å². The van der Waals surface area contributed by atoms with Crippen molar-refractivity contribution in [2.24, 2.45) is 5.73 Å². The Bertz CT molecular complexity index is 378. The minimum Gasteiger partial charge on any atom is -0.507 e. The summed E-state index contributed by atoms with van der Waals surface area (Å²) in [6.07, 6.45) is -0.00949. The van der Waals surface area contributed by atoms with Crippen molar-refractivity contribution in [3.8, 4) is 11.5 Å². The second-order valence-corrected chi connectivity index (χ2v) is 3.28. The lowest BCUT2D eigenvalue weighted by Crippen LogP contribution is -2.17. The van der Waals surface area contributed by atoms with E-state index in [9.17, 15) is 9.90 Å². The van der Waals surface area contributed by atoms with E-state index in [1.807, 2.05) is 0 Å². The molecule has 0 aliphatic heterocycles. The Morgan fingerprint density at radius 2 is 2.19 bits per heavy atom. The fourth-order valence-electron chi connectivity index (χ4n) is 1.45. The monoisotopic (exact) mass is 225 g/mol. The molecule has 5 heteroatoms. The standard InChI is InChI=1S/C11H15NO4/c1-15-9-5-3-4-8(13)11(9)7(12)6-10(14)16-2/h3-5,7,13H,6,12H2,1-2H3/t7-/m1/s1. The summed E-state index contributed by atoms with van der Waals surface area (Å²) in [7, 11) is 2.76. The van der Waals surface area contributed by atoms with Gasteiger partial charge in [0.1, 0.15) is 11.5 Å². The number of esters is 1. The molecule has 0 saturated heterocycles. The van der Waals surface area contributed by atoms with Gasteiger partial charge in [0, 0.05) is 6.04 Å². The SMILES string of the molecule is COC(=O)C[C@@H](N)c1c(O)cccc1OC. The topological polar surface area (TPSA) is 81.8 Å². The first-order valence-corrected chi connectivity index (χ1v) is 4.78. The fourth-order valence-corrected chi connectivity index (χ4v) is 1.45. The number of benzene rings is 1. The maximum atomic E-state index is 11.1. The molecule has 0 aliphatic rings. The van der Waals surface area contributed by atoms with Crippen LogP contribution in [-0.4, -0.2) is 25.3 Å². The predicted octanol–water partition coefficient (Wildman–Crippen LogP) is 0.964. The first-order chi connectivity index (χ1) is 7.60. The Labute approximate surface area is 93.8 Å². The van der Waals surface area contributed by atoms with Crippen LogP contribution in [0.4, 0.5) is 0 Å². The molecule has 16 heavy (non-hydrogen) atoms. The summed E-state index contributed by atoms with van der Waals surface area (Å²) < 4.78 is 9.58. The van der Waals surface area contributed by atoms with E-state index in [0.717, 1.165) is 0 Å². The molecule has 0 heterocycles. The Morgan fingerprint density at radius 1 is 1.50 bits per heavy atom. The molecule has 0 fully saturated rings. The van der Waals surface area contributed by atoms with E-state index in [1.165, 1.54) is 20.3 Å². The van der Waals surface area contributed by atoms with Crippen LogP contribution < -0.4 is 10.5 Å². The van der Waals surface area contributed by atoms with Gasteiger partial charge >= 0.3 is 5.97 Å². The number of carbonyl (C=O) groups excluding carboxylic acids is 1. The lowest BCUT2D eigenvalue weighted by Gasteiger charge is -2.15. The van der Waals surface area contributed by atoms with Crippen LogP contribution in [0.25, 0.3) is 0 Å². The molecule has 3 N–H and O–H groups in total. The summed E-state index contributed by atoms with van der Waals surface area (Å²) in [5.41, 5.74) is 6.22. The van der Waals surface area contributed by atoms with Crippen molar-refractivity contribution in [3.05, 3.63) is 23.8 Å². The molecule has 1 atom stereocenters. The minimum absolute atomic E-state index is 0.00949. The molecule has 0 amide bonds. The third kappa shape index (κ3) is 2.64. The van der Waals surface area contributed by atoms with Gasteiger partial charge in [0.15, 0.2) is 0 Å². The Hall–Kier alpha value is -1.75. The first-order valence-electron chi connectivity index (χ1n) is 4.78. The first kappa shape index (κ1) is 12.3. The third-order valence-electron chi connectivity index (χ3n) is 2.25. The van der Waals surface area contributed by atoms with Crippen LogP contribution in [0.15, 0.2) is 18.2 Å². The number of nitrogens with two attached hydrogens (primary N) is 1. The zero-order valence-electron chi connectivity index (χ0n) is 9.27. The maximum Gasteiger partial charge on any atom is 0.307 e. The van der Waals surface area contributed by atoms with Gasteiger partial charge in [-0.1, -0.05) is 6.07 Å². The lowest BCUT2D eigenvalue weighted by molar-refractivity contribution is -0.141. The van der Waals surface area contributed by atoms with Crippen molar-refractivity contribution in [1.82, 2.24) is 0 Å². The summed E-state index contributed by atoms with van der Waals surface area (Å²) in [5.74, 6) is 0.0324. The molecule has 0 saturated carbocycles. The molecule has 1 aromatic carbocycles. The summed E-state index contributed by atoms with van der Waals surface area (Å²) in [4.78, 5) is 11.1. The van der Waals surface area contributed by atoms with E-state index in [1.54, 1.807) is 12.1 Å². The lowest BCUT2D eigenvalue weighted by atomic mass is 10.0. The van der Waals surface area contributed by atoms with Crippen LogP contribution in [0.5, 0.6) is 11.5 Å². The highest BCUT2D eigenvalue weighted by molar-refractivity contribution is 5.70. The zero-order chi connectivity index (χ0) is 12.1. The number of phenols is 1. The Kier molecular flexibility index (Phi) is 4.13. The number of hydrogen-bond acceptors (Lipinski definition) is 5. The summed E-state index contributed by atoms with van der Waals surface area (Å²) in [6, 6.07) is 4.16.